The van der Waals surface area contributed by atoms with Crippen molar-refractivity contribution < 1.29 is 19.4 Å². The molecule has 0 bridgehead atoms. The monoisotopic (exact) mass is 449 g/mol. The molecule has 5 nitrogen and oxygen atoms in total. The van der Waals surface area contributed by atoms with Crippen LogP contribution in [0.15, 0.2) is 24.3 Å². The van der Waals surface area contributed by atoms with Crippen LogP contribution in [0, 0.1) is 5.92 Å². The van der Waals surface area contributed by atoms with Gasteiger partial charge >= 0.3 is 11.9 Å². The van der Waals surface area contributed by atoms with E-state index < -0.39 is 17.5 Å². The minimum atomic E-state index is -1.18. The molecule has 6 heteroatoms. The average Bonchev–Trinajstić information content (AvgIpc) is 3.23. The van der Waals surface area contributed by atoms with Crippen molar-refractivity contribution in [1.82, 2.24) is 0 Å². The lowest BCUT2D eigenvalue weighted by Crippen LogP contribution is -2.44. The summed E-state index contributed by atoms with van der Waals surface area (Å²) in [5, 5.41) is 8.57. The molecule has 1 aliphatic rings. The number of esters is 1. The first kappa shape index (κ1) is 25.6. The van der Waals surface area contributed by atoms with E-state index in [1.165, 1.54) is 67.5 Å². The van der Waals surface area contributed by atoms with E-state index in [1.54, 1.807) is 0 Å². The lowest BCUT2D eigenvalue weighted by molar-refractivity contribution is -0.140. The summed E-state index contributed by atoms with van der Waals surface area (Å²) in [4.78, 5) is 24.8. The van der Waals surface area contributed by atoms with Crippen LogP contribution in [0.4, 0.5) is 0 Å². The number of hydrogen-bond acceptors (Lipinski definition) is 5. The highest BCUT2D eigenvalue weighted by Gasteiger charge is 2.24. The fraction of sp³-hybridized carbons (Fsp3) is 0.680. The molecule has 0 aromatic carbocycles. The second-order valence-corrected chi connectivity index (χ2v) is 10.2. The molecule has 1 saturated carbocycles. The van der Waals surface area contributed by atoms with Crippen molar-refractivity contribution in [2.45, 2.75) is 95.9 Å². The Bertz CT molecular complexity index is 708. The van der Waals surface area contributed by atoms with Crippen LogP contribution in [0.5, 0.6) is 0 Å². The van der Waals surface area contributed by atoms with Gasteiger partial charge in [-0.05, 0) is 50.2 Å². The molecule has 31 heavy (non-hydrogen) atoms. The van der Waals surface area contributed by atoms with Gasteiger partial charge in [0.2, 0.25) is 0 Å². The molecule has 0 aliphatic heterocycles. The van der Waals surface area contributed by atoms with Crippen molar-refractivity contribution in [3.63, 3.8) is 0 Å². The fourth-order valence-corrected chi connectivity index (χ4v) is 5.26. The molecule has 1 aliphatic carbocycles. The first-order valence-corrected chi connectivity index (χ1v) is 12.7. The zero-order valence-electron chi connectivity index (χ0n) is 18.9. The molecule has 174 valence electrons. The Morgan fingerprint density at radius 2 is 1.84 bits per heavy atom. The number of thiophene rings is 1. The number of aryl methyl sites for hydroxylation is 2. The molecule has 1 aromatic rings. The molecule has 0 radical (unpaired) electrons. The summed E-state index contributed by atoms with van der Waals surface area (Å²) in [7, 11) is 0. The molecule has 1 unspecified atom stereocenters. The van der Waals surface area contributed by atoms with Gasteiger partial charge in [0.15, 0.2) is 0 Å². The summed E-state index contributed by atoms with van der Waals surface area (Å²) in [5.41, 5.74) is 5.82. The van der Waals surface area contributed by atoms with Gasteiger partial charge in [-0.1, -0.05) is 58.3 Å². The SMILES string of the molecule is CCC(N)(CCc1ccc(CCCCCC2CCCCC2)s1)COC(=O)C=CC(=O)O. The van der Waals surface area contributed by atoms with Crippen molar-refractivity contribution >= 4 is 23.3 Å². The first-order chi connectivity index (χ1) is 14.9. The van der Waals surface area contributed by atoms with Crippen molar-refractivity contribution in [3.8, 4) is 0 Å². The van der Waals surface area contributed by atoms with E-state index in [1.807, 2.05) is 18.3 Å². The quantitative estimate of drug-likeness (QED) is 0.217. The van der Waals surface area contributed by atoms with Gasteiger partial charge in [-0.3, -0.25) is 0 Å². The number of ether oxygens (including phenoxy) is 1. The Balaban J connectivity index is 1.65. The predicted octanol–water partition coefficient (Wildman–Crippen LogP) is 5.66. The number of nitrogens with two attached hydrogens (primary N) is 1. The molecule has 0 saturated heterocycles. The van der Waals surface area contributed by atoms with Gasteiger partial charge in [-0.2, -0.15) is 0 Å². The Kier molecular flexibility index (Phi) is 11.3. The van der Waals surface area contributed by atoms with Crippen LogP contribution in [0.3, 0.4) is 0 Å². The van der Waals surface area contributed by atoms with Gasteiger partial charge in [0.1, 0.15) is 6.61 Å². The van der Waals surface area contributed by atoms with Gasteiger partial charge in [-0.25, -0.2) is 9.59 Å². The number of hydrogen-bond donors (Lipinski definition) is 2. The molecule has 0 spiro atoms. The molecule has 1 fully saturated rings. The minimum Gasteiger partial charge on any atom is -0.478 e. The molecule has 1 atom stereocenters. The van der Waals surface area contributed by atoms with Crippen molar-refractivity contribution in [2.75, 3.05) is 6.61 Å². The third kappa shape index (κ3) is 10.5. The summed E-state index contributed by atoms with van der Waals surface area (Å²) in [6.45, 7) is 2.07. The van der Waals surface area contributed by atoms with Gasteiger partial charge in [0.25, 0.3) is 0 Å². The highest BCUT2D eigenvalue weighted by Crippen LogP contribution is 2.28. The standard InChI is InChI=1S/C25H39NO4S/c1-2-25(26,19-30-24(29)16-15-23(27)28)18-17-22-14-13-21(31-22)12-8-4-7-11-20-9-5-3-6-10-20/h13-16,20H,2-12,17-19,26H2,1H3,(H,27,28). The van der Waals surface area contributed by atoms with Crippen LogP contribution in [-0.2, 0) is 27.2 Å². The lowest BCUT2D eigenvalue weighted by atomic mass is 9.85. The van der Waals surface area contributed by atoms with Crippen LogP contribution in [0.1, 0.15) is 87.3 Å². The van der Waals surface area contributed by atoms with Crippen LogP contribution < -0.4 is 5.73 Å². The molecular formula is C25H39NO4S. The lowest BCUT2D eigenvalue weighted by Gasteiger charge is -2.27. The third-order valence-electron chi connectivity index (χ3n) is 6.41. The number of aliphatic carboxylic acids is 1. The highest BCUT2D eigenvalue weighted by molar-refractivity contribution is 7.11. The Morgan fingerprint density at radius 1 is 1.13 bits per heavy atom. The number of rotatable bonds is 14. The molecule has 0 amide bonds. The minimum absolute atomic E-state index is 0.0888. The Hall–Kier alpha value is -1.66. The van der Waals surface area contributed by atoms with Gasteiger partial charge in [0.05, 0.1) is 5.54 Å². The second-order valence-electron chi connectivity index (χ2n) is 8.97. The molecular weight excluding hydrogens is 410 g/mol. The van der Waals surface area contributed by atoms with Crippen LogP contribution in [-0.4, -0.2) is 29.2 Å². The van der Waals surface area contributed by atoms with E-state index >= 15 is 0 Å². The van der Waals surface area contributed by atoms with Crippen LogP contribution >= 0.6 is 11.3 Å². The Morgan fingerprint density at radius 3 is 2.52 bits per heavy atom. The predicted molar refractivity (Wildman–Crippen MR) is 126 cm³/mol. The normalized spacial score (nSPS) is 17.0. The van der Waals surface area contributed by atoms with Crippen LogP contribution in [0.2, 0.25) is 0 Å². The van der Waals surface area contributed by atoms with E-state index in [4.69, 9.17) is 15.6 Å². The maximum atomic E-state index is 11.6. The topological polar surface area (TPSA) is 89.6 Å². The van der Waals surface area contributed by atoms with E-state index in [0.717, 1.165) is 37.3 Å². The smallest absolute Gasteiger partial charge is 0.331 e. The zero-order valence-corrected chi connectivity index (χ0v) is 19.8. The number of carbonyl (C=O) groups excluding carboxylic acids is 1. The summed E-state index contributed by atoms with van der Waals surface area (Å²) in [6.07, 6.45) is 17.7. The van der Waals surface area contributed by atoms with E-state index in [0.29, 0.717) is 6.42 Å². The maximum absolute atomic E-state index is 11.6. The number of unbranched alkanes of at least 4 members (excludes halogenated alkanes) is 2. The molecule has 1 heterocycles. The third-order valence-corrected chi connectivity index (χ3v) is 7.62. The van der Waals surface area contributed by atoms with Gasteiger partial charge in [0, 0.05) is 21.9 Å². The van der Waals surface area contributed by atoms with Crippen molar-refractivity contribution in [3.05, 3.63) is 34.0 Å². The van der Waals surface area contributed by atoms with Gasteiger partial charge < -0.3 is 15.6 Å². The second kappa shape index (κ2) is 13.7. The summed E-state index contributed by atoms with van der Waals surface area (Å²) >= 11 is 1.87. The number of carboxylic acid groups (broad SMARTS) is 1. The van der Waals surface area contributed by atoms with Crippen LogP contribution in [0.25, 0.3) is 0 Å². The maximum Gasteiger partial charge on any atom is 0.331 e. The van der Waals surface area contributed by atoms with E-state index in [-0.39, 0.29) is 6.61 Å². The zero-order chi connectivity index (χ0) is 22.5. The summed E-state index contributed by atoms with van der Waals surface area (Å²) in [5.74, 6) is -0.860. The molecule has 2 rings (SSSR count). The fourth-order valence-electron chi connectivity index (χ4n) is 4.20. The first-order valence-electron chi connectivity index (χ1n) is 11.8. The Labute approximate surface area is 191 Å². The molecule has 3 N–H and O–H groups in total. The molecule has 1 aromatic heterocycles. The summed E-state index contributed by atoms with van der Waals surface area (Å²) < 4.78 is 5.15. The van der Waals surface area contributed by atoms with Crippen molar-refractivity contribution in [2.24, 2.45) is 11.7 Å². The number of carbonyl (C=O) groups is 2. The largest absolute Gasteiger partial charge is 0.478 e. The highest BCUT2D eigenvalue weighted by atomic mass is 32.1. The number of carboxylic acids is 1. The average molecular weight is 450 g/mol. The summed E-state index contributed by atoms with van der Waals surface area (Å²) in [6, 6.07) is 4.43. The van der Waals surface area contributed by atoms with Gasteiger partial charge in [-0.15, -0.1) is 11.3 Å². The van der Waals surface area contributed by atoms with E-state index in [9.17, 15) is 9.59 Å². The van der Waals surface area contributed by atoms with E-state index in [2.05, 4.69) is 12.1 Å². The van der Waals surface area contributed by atoms with Crippen molar-refractivity contribution in [1.29, 1.82) is 0 Å².